The molecule has 0 aromatic heterocycles. The van der Waals surface area contributed by atoms with Gasteiger partial charge >= 0.3 is 7.60 Å². The number of hydrogen-bond acceptors (Lipinski definition) is 4. The Balaban J connectivity index is 4.25. The second-order valence-electron chi connectivity index (χ2n) is 4.62. The Morgan fingerprint density at radius 2 is 1.56 bits per heavy atom. The lowest BCUT2D eigenvalue weighted by atomic mass is 10.2. The van der Waals surface area contributed by atoms with E-state index in [1.54, 1.807) is 0 Å². The van der Waals surface area contributed by atoms with Crippen LogP contribution in [0.15, 0.2) is 0 Å². The second-order valence-corrected chi connectivity index (χ2v) is 6.81. The predicted octanol–water partition coefficient (Wildman–Crippen LogP) is 3.44. The lowest BCUT2D eigenvalue weighted by Gasteiger charge is -2.19. The maximum Gasteiger partial charge on any atom is 0.331 e. The third-order valence-corrected chi connectivity index (χ3v) is 3.56. The van der Waals surface area contributed by atoms with Crippen LogP contribution in [-0.2, 0) is 13.6 Å². The molecular weight excluding hydrogens is 225 g/mol. The molecule has 0 rings (SSSR count). The molecule has 0 fully saturated rings. The van der Waals surface area contributed by atoms with Crippen molar-refractivity contribution < 1.29 is 13.6 Å². The maximum atomic E-state index is 12.2. The van der Waals surface area contributed by atoms with E-state index >= 15 is 0 Å². The van der Waals surface area contributed by atoms with Gasteiger partial charge in [-0.1, -0.05) is 27.7 Å². The van der Waals surface area contributed by atoms with Gasteiger partial charge in [-0.15, -0.1) is 0 Å². The predicted molar refractivity (Wildman–Crippen MR) is 64.3 cm³/mol. The number of nitrogens with zero attached hydrogens (tertiary/aromatic N) is 1. The summed E-state index contributed by atoms with van der Waals surface area (Å²) in [7, 11) is -3.07. The number of rotatable bonds is 8. The van der Waals surface area contributed by atoms with Gasteiger partial charge < -0.3 is 9.05 Å². The highest BCUT2D eigenvalue weighted by molar-refractivity contribution is 7.53. The molecule has 0 saturated carbocycles. The highest BCUT2D eigenvalue weighted by atomic mass is 31.2. The van der Waals surface area contributed by atoms with E-state index < -0.39 is 7.60 Å². The highest BCUT2D eigenvalue weighted by Gasteiger charge is 2.24. The van der Waals surface area contributed by atoms with Crippen LogP contribution < -0.4 is 0 Å². The van der Waals surface area contributed by atoms with Gasteiger partial charge in [0, 0.05) is 6.42 Å². The third kappa shape index (κ3) is 7.87. The normalized spacial score (nSPS) is 12.1. The topological polar surface area (TPSA) is 59.3 Å². The molecule has 0 amide bonds. The van der Waals surface area contributed by atoms with Gasteiger partial charge in [0.15, 0.2) is 0 Å². The fraction of sp³-hybridized carbons (Fsp3) is 0.909. The largest absolute Gasteiger partial charge is 0.331 e. The van der Waals surface area contributed by atoms with Crippen LogP contribution in [0.3, 0.4) is 0 Å². The van der Waals surface area contributed by atoms with E-state index in [0.29, 0.717) is 25.0 Å². The molecule has 0 aromatic carbocycles. The van der Waals surface area contributed by atoms with E-state index in [4.69, 9.17) is 14.3 Å². The summed E-state index contributed by atoms with van der Waals surface area (Å²) in [5.74, 6) is 0.608. The summed E-state index contributed by atoms with van der Waals surface area (Å²) < 4.78 is 22.8. The van der Waals surface area contributed by atoms with Crippen molar-refractivity contribution in [2.45, 2.75) is 34.1 Å². The standard InChI is InChI=1S/C11H22NO3P/c1-10(2)8-14-16(13,7-5-6-12)15-9-11(3)4/h10-11H,5,7-9H2,1-4H3. The fourth-order valence-electron chi connectivity index (χ4n) is 0.879. The summed E-state index contributed by atoms with van der Waals surface area (Å²) in [5.41, 5.74) is 0. The van der Waals surface area contributed by atoms with Crippen LogP contribution in [0.25, 0.3) is 0 Å². The van der Waals surface area contributed by atoms with Crippen molar-refractivity contribution in [2.24, 2.45) is 11.8 Å². The molecule has 0 heterocycles. The molecule has 0 aromatic rings. The minimum Gasteiger partial charge on any atom is -0.308 e. The minimum atomic E-state index is -3.07. The lowest BCUT2D eigenvalue weighted by Crippen LogP contribution is -2.08. The zero-order chi connectivity index (χ0) is 12.6. The first kappa shape index (κ1) is 15.6. The summed E-state index contributed by atoms with van der Waals surface area (Å²) in [6.45, 7) is 8.74. The first-order chi connectivity index (χ1) is 7.39. The summed E-state index contributed by atoms with van der Waals surface area (Å²) >= 11 is 0. The minimum absolute atomic E-state index is 0.183. The highest BCUT2D eigenvalue weighted by Crippen LogP contribution is 2.49. The average Bonchev–Trinajstić information content (AvgIpc) is 2.21. The van der Waals surface area contributed by atoms with Crippen molar-refractivity contribution in [1.29, 1.82) is 5.26 Å². The van der Waals surface area contributed by atoms with Gasteiger partial charge in [-0.25, -0.2) is 0 Å². The van der Waals surface area contributed by atoms with Gasteiger partial charge in [0.25, 0.3) is 0 Å². The van der Waals surface area contributed by atoms with Crippen molar-refractivity contribution in [2.75, 3.05) is 19.4 Å². The smallest absolute Gasteiger partial charge is 0.308 e. The Morgan fingerprint density at radius 3 is 1.88 bits per heavy atom. The fourth-order valence-corrected chi connectivity index (χ4v) is 2.64. The van der Waals surface area contributed by atoms with Crippen LogP contribution in [0, 0.1) is 23.2 Å². The van der Waals surface area contributed by atoms with Gasteiger partial charge in [0.1, 0.15) is 0 Å². The summed E-state index contributed by atoms with van der Waals surface area (Å²) in [4.78, 5) is 0. The van der Waals surface area contributed by atoms with Crippen LogP contribution in [0.4, 0.5) is 0 Å². The monoisotopic (exact) mass is 247 g/mol. The first-order valence-electron chi connectivity index (χ1n) is 5.64. The molecule has 0 atom stereocenters. The quantitative estimate of drug-likeness (QED) is 0.616. The van der Waals surface area contributed by atoms with Crippen LogP contribution in [0.5, 0.6) is 0 Å². The Morgan fingerprint density at radius 1 is 1.12 bits per heavy atom. The van der Waals surface area contributed by atoms with E-state index in [1.807, 2.05) is 33.8 Å². The molecule has 16 heavy (non-hydrogen) atoms. The zero-order valence-electron chi connectivity index (χ0n) is 10.6. The Hall–Kier alpha value is -0.360. The van der Waals surface area contributed by atoms with Gasteiger partial charge in [-0.2, -0.15) is 5.26 Å². The Labute approximate surface area is 98.5 Å². The van der Waals surface area contributed by atoms with Gasteiger partial charge in [-0.05, 0) is 11.8 Å². The van der Waals surface area contributed by atoms with Crippen molar-refractivity contribution in [3.8, 4) is 6.07 Å². The molecule has 0 aliphatic rings. The van der Waals surface area contributed by atoms with E-state index in [9.17, 15) is 4.57 Å². The molecule has 0 bridgehead atoms. The van der Waals surface area contributed by atoms with Crippen molar-refractivity contribution in [3.05, 3.63) is 0 Å². The molecule has 0 aliphatic heterocycles. The third-order valence-electron chi connectivity index (χ3n) is 1.71. The average molecular weight is 247 g/mol. The Bertz CT molecular complexity index is 255. The van der Waals surface area contributed by atoms with Crippen molar-refractivity contribution in [1.82, 2.24) is 0 Å². The molecular formula is C11H22NO3P. The molecule has 0 N–H and O–H groups in total. The van der Waals surface area contributed by atoms with Gasteiger partial charge in [-0.3, -0.25) is 4.57 Å². The van der Waals surface area contributed by atoms with E-state index in [0.717, 1.165) is 0 Å². The molecule has 94 valence electrons. The van der Waals surface area contributed by atoms with Crippen molar-refractivity contribution >= 4 is 7.60 Å². The van der Waals surface area contributed by atoms with Gasteiger partial charge in [0.05, 0.1) is 25.4 Å². The zero-order valence-corrected chi connectivity index (χ0v) is 11.5. The molecule has 0 aliphatic carbocycles. The molecule has 0 saturated heterocycles. The van der Waals surface area contributed by atoms with Crippen LogP contribution in [-0.4, -0.2) is 19.4 Å². The molecule has 0 radical (unpaired) electrons. The lowest BCUT2D eigenvalue weighted by molar-refractivity contribution is 0.173. The molecule has 0 spiro atoms. The first-order valence-corrected chi connectivity index (χ1v) is 7.37. The Kier molecular flexibility index (Phi) is 7.66. The van der Waals surface area contributed by atoms with Gasteiger partial charge in [0.2, 0.25) is 0 Å². The summed E-state index contributed by atoms with van der Waals surface area (Å²) in [5, 5.41) is 8.50. The molecule has 4 nitrogen and oxygen atoms in total. The van der Waals surface area contributed by atoms with E-state index in [-0.39, 0.29) is 12.6 Å². The van der Waals surface area contributed by atoms with Crippen LogP contribution in [0.2, 0.25) is 0 Å². The number of nitriles is 1. The molecule has 0 unspecified atom stereocenters. The van der Waals surface area contributed by atoms with Crippen molar-refractivity contribution in [3.63, 3.8) is 0 Å². The number of hydrogen-bond donors (Lipinski definition) is 0. The van der Waals surface area contributed by atoms with Crippen LogP contribution in [0.1, 0.15) is 34.1 Å². The summed E-state index contributed by atoms with van der Waals surface area (Å²) in [6.07, 6.45) is 0.385. The maximum absolute atomic E-state index is 12.2. The van der Waals surface area contributed by atoms with E-state index in [1.165, 1.54) is 0 Å². The summed E-state index contributed by atoms with van der Waals surface area (Å²) in [6, 6.07) is 1.97. The SMILES string of the molecule is CC(C)COP(=O)(CCC#N)OCC(C)C. The van der Waals surface area contributed by atoms with E-state index in [2.05, 4.69) is 0 Å². The second kappa shape index (κ2) is 7.84. The molecule has 5 heteroatoms. The van der Waals surface area contributed by atoms with Crippen LogP contribution >= 0.6 is 7.60 Å².